The molecule has 0 bridgehead atoms. The van der Waals surface area contributed by atoms with Gasteiger partial charge in [-0.15, -0.1) is 6.58 Å². The van der Waals surface area contributed by atoms with Gasteiger partial charge < -0.3 is 19.5 Å². The van der Waals surface area contributed by atoms with Crippen molar-refractivity contribution in [3.8, 4) is 11.5 Å². The van der Waals surface area contributed by atoms with E-state index >= 15 is 0 Å². The molecule has 1 aliphatic heterocycles. The number of nitrogens with zero attached hydrogens (tertiary/aromatic N) is 2. The molecule has 0 amide bonds. The Morgan fingerprint density at radius 3 is 2.21 bits per heavy atom. The number of non-ortho nitro benzene ring substituents is 1. The third-order valence-corrected chi connectivity index (χ3v) is 8.06. The van der Waals surface area contributed by atoms with Crippen LogP contribution in [-0.2, 0) is 27.4 Å². The predicted molar refractivity (Wildman–Crippen MR) is 158 cm³/mol. The van der Waals surface area contributed by atoms with Crippen LogP contribution in [0.3, 0.4) is 0 Å². The van der Waals surface area contributed by atoms with E-state index in [9.17, 15) is 29.6 Å². The van der Waals surface area contributed by atoms with Gasteiger partial charge in [0.2, 0.25) is 0 Å². The van der Waals surface area contributed by atoms with Gasteiger partial charge in [0.1, 0.15) is 13.2 Å². The van der Waals surface area contributed by atoms with Crippen LogP contribution in [0.4, 0.5) is 5.69 Å². The fraction of sp³-hybridized carbons (Fsp3) is 0.364. The Morgan fingerprint density at radius 2 is 1.67 bits per heavy atom. The molecule has 10 heteroatoms. The van der Waals surface area contributed by atoms with Crippen LogP contribution in [0.15, 0.2) is 71.6 Å². The maximum absolute atomic E-state index is 13.6. The van der Waals surface area contributed by atoms with Crippen molar-refractivity contribution in [2.75, 3.05) is 13.2 Å². The number of hydrogen-bond acceptors (Lipinski definition) is 8. The third-order valence-electron chi connectivity index (χ3n) is 8.06. The number of Topliss-reactive ketones (excluding diaryl/α,β-unsaturated/α-hetero) is 2. The van der Waals surface area contributed by atoms with Crippen molar-refractivity contribution < 1.29 is 33.9 Å². The molecule has 0 aromatic heterocycles. The van der Waals surface area contributed by atoms with E-state index in [0.29, 0.717) is 91.2 Å². The van der Waals surface area contributed by atoms with E-state index < -0.39 is 16.8 Å². The number of ketones is 2. The normalized spacial score (nSPS) is 17.0. The lowest BCUT2D eigenvalue weighted by Gasteiger charge is -2.43. The topological polar surface area (TPSA) is 136 Å². The van der Waals surface area contributed by atoms with Crippen LogP contribution in [0.1, 0.15) is 68.1 Å². The van der Waals surface area contributed by atoms with Crippen LogP contribution in [0.2, 0.25) is 0 Å². The molecule has 2 aromatic carbocycles. The monoisotopic (exact) mass is 586 g/mol. The van der Waals surface area contributed by atoms with E-state index in [2.05, 4.69) is 6.58 Å². The maximum atomic E-state index is 13.6. The lowest BCUT2D eigenvalue weighted by molar-refractivity contribution is -0.384. The summed E-state index contributed by atoms with van der Waals surface area (Å²) in [6.07, 6.45) is 5.19. The number of hydrogen-bond donors (Lipinski definition) is 1. The Morgan fingerprint density at radius 1 is 1.05 bits per heavy atom. The van der Waals surface area contributed by atoms with Crippen molar-refractivity contribution in [2.24, 2.45) is 0 Å². The van der Waals surface area contributed by atoms with E-state index in [0.717, 1.165) is 11.1 Å². The Bertz CT molecular complexity index is 1510. The van der Waals surface area contributed by atoms with E-state index in [1.807, 2.05) is 19.1 Å². The van der Waals surface area contributed by atoms with Crippen LogP contribution >= 0.6 is 0 Å². The first-order valence-corrected chi connectivity index (χ1v) is 14.5. The number of carbonyl (C=O) groups excluding carboxylic acids is 2. The summed E-state index contributed by atoms with van der Waals surface area (Å²) in [5, 5.41) is 20.8. The minimum absolute atomic E-state index is 0.0123. The largest absolute Gasteiger partial charge is 0.490 e. The van der Waals surface area contributed by atoms with Gasteiger partial charge in [-0.25, -0.2) is 0 Å². The van der Waals surface area contributed by atoms with E-state index in [4.69, 9.17) is 9.47 Å². The number of carboxylic acid groups (broad SMARTS) is 1. The zero-order valence-corrected chi connectivity index (χ0v) is 24.1. The molecule has 2 aromatic rings. The van der Waals surface area contributed by atoms with Gasteiger partial charge in [0.15, 0.2) is 23.1 Å². The highest BCUT2D eigenvalue weighted by atomic mass is 16.6. The highest BCUT2D eigenvalue weighted by Crippen LogP contribution is 2.50. The SMILES string of the molecule is C=CCc1cc(C2C3=C(CCCC3=O)N(CC(=O)O)C3=C2C(=O)CCC3)cc(OCC)c1OCc1ccc([N+](=O)[O-])cc1. The Labute approximate surface area is 249 Å². The molecule has 3 aliphatic rings. The lowest BCUT2D eigenvalue weighted by atomic mass is 9.70. The number of carboxylic acids is 1. The minimum Gasteiger partial charge on any atom is -0.490 e. The molecule has 224 valence electrons. The molecular weight excluding hydrogens is 552 g/mol. The van der Waals surface area contributed by atoms with Crippen LogP contribution in [0.5, 0.6) is 11.5 Å². The highest BCUT2D eigenvalue weighted by Gasteiger charge is 2.44. The van der Waals surface area contributed by atoms with Gasteiger partial charge in [-0.05, 0) is 68.4 Å². The minimum atomic E-state index is -1.02. The first-order chi connectivity index (χ1) is 20.7. The van der Waals surface area contributed by atoms with Crippen molar-refractivity contribution in [1.29, 1.82) is 0 Å². The molecule has 0 fully saturated rings. The predicted octanol–water partition coefficient (Wildman–Crippen LogP) is 5.80. The summed E-state index contributed by atoms with van der Waals surface area (Å²) in [6, 6.07) is 9.85. The Kier molecular flexibility index (Phi) is 8.75. The number of ether oxygens (including phenoxy) is 2. The van der Waals surface area contributed by atoms with E-state index in [1.54, 1.807) is 23.1 Å². The van der Waals surface area contributed by atoms with Gasteiger partial charge in [0, 0.05) is 59.0 Å². The number of allylic oxidation sites excluding steroid dienone is 5. The second-order valence-electron chi connectivity index (χ2n) is 10.8. The molecule has 0 unspecified atom stereocenters. The summed E-state index contributed by atoms with van der Waals surface area (Å²) in [5.41, 5.74) is 4.56. The number of aliphatic carboxylic acids is 1. The molecule has 1 heterocycles. The maximum Gasteiger partial charge on any atom is 0.323 e. The highest BCUT2D eigenvalue weighted by molar-refractivity contribution is 6.06. The van der Waals surface area contributed by atoms with Gasteiger partial charge in [0.05, 0.1) is 11.5 Å². The number of nitro benzene ring substituents is 1. The van der Waals surface area contributed by atoms with Crippen molar-refractivity contribution in [3.05, 3.63) is 98.4 Å². The quantitative estimate of drug-likeness (QED) is 0.197. The molecule has 0 atom stereocenters. The second kappa shape index (κ2) is 12.6. The molecule has 0 spiro atoms. The average Bonchev–Trinajstić information content (AvgIpc) is 2.97. The molecule has 5 rings (SSSR count). The molecule has 2 aliphatic carbocycles. The first-order valence-electron chi connectivity index (χ1n) is 14.5. The van der Waals surface area contributed by atoms with Crippen molar-refractivity contribution in [3.63, 3.8) is 0 Å². The van der Waals surface area contributed by atoms with Gasteiger partial charge in [-0.1, -0.05) is 12.1 Å². The molecule has 43 heavy (non-hydrogen) atoms. The number of carbonyl (C=O) groups is 3. The molecule has 1 N–H and O–H groups in total. The fourth-order valence-corrected chi connectivity index (χ4v) is 6.33. The van der Waals surface area contributed by atoms with Crippen LogP contribution in [0.25, 0.3) is 0 Å². The fourth-order valence-electron chi connectivity index (χ4n) is 6.33. The zero-order valence-electron chi connectivity index (χ0n) is 24.1. The molecule has 0 saturated carbocycles. The number of benzene rings is 2. The Hall–Kier alpha value is -4.73. The van der Waals surface area contributed by atoms with Gasteiger partial charge in [-0.3, -0.25) is 24.5 Å². The molecule has 0 radical (unpaired) electrons. The first kappa shape index (κ1) is 29.8. The number of nitro groups is 1. The standard InChI is InChI=1S/C33H34N2O8/c1-3-7-21-16-22(17-28(42-4-2)33(21)43-19-20-12-14-23(15-13-20)35(40)41)30-31-24(8-5-10-26(31)36)34(18-29(38)39)25-9-6-11-27(37)32(25)30/h3,12-17,30H,1,4-11,18-19H2,2H3,(H,38,39). The zero-order chi connectivity index (χ0) is 30.7. The van der Waals surface area contributed by atoms with Crippen LogP contribution < -0.4 is 9.47 Å². The van der Waals surface area contributed by atoms with Gasteiger partial charge >= 0.3 is 5.97 Å². The summed E-state index contributed by atoms with van der Waals surface area (Å²) >= 11 is 0. The average molecular weight is 587 g/mol. The van der Waals surface area contributed by atoms with E-state index in [1.165, 1.54) is 12.1 Å². The third kappa shape index (κ3) is 5.95. The smallest absolute Gasteiger partial charge is 0.323 e. The van der Waals surface area contributed by atoms with Crippen molar-refractivity contribution in [2.45, 2.75) is 64.4 Å². The summed E-state index contributed by atoms with van der Waals surface area (Å²) in [4.78, 5) is 51.3. The van der Waals surface area contributed by atoms with Crippen molar-refractivity contribution in [1.82, 2.24) is 4.90 Å². The summed E-state index contributed by atoms with van der Waals surface area (Å²) in [5.74, 6) is -0.874. The van der Waals surface area contributed by atoms with Crippen molar-refractivity contribution >= 4 is 23.2 Å². The van der Waals surface area contributed by atoms with Crippen LogP contribution in [-0.4, -0.2) is 45.6 Å². The summed E-state index contributed by atoms with van der Waals surface area (Å²) in [6.45, 7) is 5.92. The van der Waals surface area contributed by atoms with Gasteiger partial charge in [0.25, 0.3) is 5.69 Å². The van der Waals surface area contributed by atoms with E-state index in [-0.39, 0.29) is 30.4 Å². The summed E-state index contributed by atoms with van der Waals surface area (Å²) in [7, 11) is 0. The van der Waals surface area contributed by atoms with Crippen LogP contribution in [0, 0.1) is 10.1 Å². The lowest BCUT2D eigenvalue weighted by Crippen LogP contribution is -2.41. The number of rotatable bonds is 11. The second-order valence-corrected chi connectivity index (χ2v) is 10.8. The molecule has 10 nitrogen and oxygen atoms in total. The molecule has 0 saturated heterocycles. The van der Waals surface area contributed by atoms with Gasteiger partial charge in [-0.2, -0.15) is 0 Å². The Balaban J connectivity index is 1.63. The summed E-state index contributed by atoms with van der Waals surface area (Å²) < 4.78 is 12.3. The molecular formula is C33H34N2O8.